The third-order valence-corrected chi connectivity index (χ3v) is 7.69. The minimum atomic E-state index is -3.44. The summed E-state index contributed by atoms with van der Waals surface area (Å²) < 4.78 is 25.5. The van der Waals surface area contributed by atoms with Crippen LogP contribution in [0.25, 0.3) is 0 Å². The third-order valence-electron chi connectivity index (χ3n) is 4.59. The summed E-state index contributed by atoms with van der Waals surface area (Å²) in [5.41, 5.74) is 0.578. The second kappa shape index (κ2) is 9.80. The summed E-state index contributed by atoms with van der Waals surface area (Å²) in [4.78, 5) is 25.9. The van der Waals surface area contributed by atoms with Crippen molar-refractivity contribution in [3.05, 3.63) is 34.9 Å². The number of thioether (sulfide) groups is 1. The molecule has 9 heteroatoms. The number of hydrogen-bond donors (Lipinski definition) is 1. The van der Waals surface area contributed by atoms with E-state index in [0.29, 0.717) is 23.6 Å². The molecule has 27 heavy (non-hydrogen) atoms. The molecule has 2 atom stereocenters. The van der Waals surface area contributed by atoms with Crippen LogP contribution in [-0.2, 0) is 19.4 Å². The molecule has 1 aliphatic rings. The predicted molar refractivity (Wildman–Crippen MR) is 110 cm³/mol. The molecule has 1 N–H and O–H groups in total. The first-order valence-corrected chi connectivity index (χ1v) is 12.3. The maximum atomic E-state index is 12.9. The normalized spacial score (nSPS) is 20.6. The zero-order chi connectivity index (χ0) is 20.0. The quantitative estimate of drug-likeness (QED) is 0.745. The van der Waals surface area contributed by atoms with E-state index in [2.05, 4.69) is 5.32 Å². The Balaban J connectivity index is 2.19. The number of nitrogens with zero attached hydrogens (tertiary/aromatic N) is 1. The molecule has 1 fully saturated rings. The molecule has 0 aromatic heterocycles. The summed E-state index contributed by atoms with van der Waals surface area (Å²) in [6.45, 7) is 1.81. The van der Waals surface area contributed by atoms with E-state index in [1.807, 2.05) is 6.26 Å². The van der Waals surface area contributed by atoms with Gasteiger partial charge in [-0.15, -0.1) is 0 Å². The summed E-state index contributed by atoms with van der Waals surface area (Å²) in [7, 11) is -3.44. The van der Waals surface area contributed by atoms with Crippen molar-refractivity contribution in [2.24, 2.45) is 0 Å². The second-order valence-corrected chi connectivity index (χ2v) is 10.2. The molecule has 0 saturated carbocycles. The van der Waals surface area contributed by atoms with Crippen molar-refractivity contribution in [1.29, 1.82) is 0 Å². The first-order chi connectivity index (χ1) is 12.8. The van der Waals surface area contributed by atoms with Gasteiger partial charge in [-0.25, -0.2) is 8.42 Å². The third kappa shape index (κ3) is 5.86. The van der Waals surface area contributed by atoms with Gasteiger partial charge < -0.3 is 10.2 Å². The van der Waals surface area contributed by atoms with Gasteiger partial charge in [-0.1, -0.05) is 29.8 Å². The van der Waals surface area contributed by atoms with Gasteiger partial charge in [0.2, 0.25) is 11.8 Å². The zero-order valence-corrected chi connectivity index (χ0v) is 17.9. The molecule has 0 radical (unpaired) electrons. The van der Waals surface area contributed by atoms with E-state index in [1.54, 1.807) is 40.9 Å². The molecule has 1 heterocycles. The van der Waals surface area contributed by atoms with Crippen LogP contribution in [0.3, 0.4) is 0 Å². The van der Waals surface area contributed by atoms with Crippen LogP contribution in [0, 0.1) is 0 Å². The van der Waals surface area contributed by atoms with Crippen molar-refractivity contribution in [3.63, 3.8) is 0 Å². The number of halogens is 1. The molecule has 2 amide bonds. The molecule has 1 aromatic carbocycles. The molecule has 1 aromatic rings. The largest absolute Gasteiger partial charge is 0.345 e. The fourth-order valence-electron chi connectivity index (χ4n) is 3.21. The Bertz CT molecular complexity index is 785. The topological polar surface area (TPSA) is 83.6 Å². The van der Waals surface area contributed by atoms with Crippen LogP contribution in [-0.4, -0.2) is 62.0 Å². The highest BCUT2D eigenvalue weighted by Crippen LogP contribution is 2.34. The van der Waals surface area contributed by atoms with Gasteiger partial charge in [0.1, 0.15) is 6.04 Å². The van der Waals surface area contributed by atoms with Gasteiger partial charge in [0.25, 0.3) is 0 Å². The van der Waals surface area contributed by atoms with Crippen LogP contribution < -0.4 is 5.32 Å². The van der Waals surface area contributed by atoms with Gasteiger partial charge in [-0.3, -0.25) is 9.59 Å². The summed E-state index contributed by atoms with van der Waals surface area (Å²) in [5, 5.41) is 2.38. The highest BCUT2D eigenvalue weighted by molar-refractivity contribution is 7.98. The minimum Gasteiger partial charge on any atom is -0.345 e. The van der Waals surface area contributed by atoms with Crippen LogP contribution in [0.5, 0.6) is 0 Å². The highest BCUT2D eigenvalue weighted by atomic mass is 35.5. The minimum absolute atomic E-state index is 0.121. The monoisotopic (exact) mass is 432 g/mol. The van der Waals surface area contributed by atoms with Crippen LogP contribution in [0.1, 0.15) is 30.6 Å². The van der Waals surface area contributed by atoms with Gasteiger partial charge >= 0.3 is 0 Å². The molecule has 0 bridgehead atoms. The molecular weight excluding hydrogens is 408 g/mol. The van der Waals surface area contributed by atoms with Gasteiger partial charge in [0.05, 0.1) is 11.0 Å². The van der Waals surface area contributed by atoms with Gasteiger partial charge in [0.15, 0.2) is 9.84 Å². The summed E-state index contributed by atoms with van der Waals surface area (Å²) in [6.07, 6.45) is 2.73. The Kier molecular flexibility index (Phi) is 8.00. The number of hydrogen-bond acceptors (Lipinski definition) is 5. The SMILES string of the molecule is CSCC[C@@H](NC(C)=O)C(=O)N1CC[C@H](c2ccccc2Cl)S(=O)(=O)CC1. The van der Waals surface area contributed by atoms with E-state index >= 15 is 0 Å². The lowest BCUT2D eigenvalue weighted by Crippen LogP contribution is -2.49. The van der Waals surface area contributed by atoms with Gasteiger partial charge in [-0.05, 0) is 36.5 Å². The maximum Gasteiger partial charge on any atom is 0.245 e. The summed E-state index contributed by atoms with van der Waals surface area (Å²) in [6, 6.07) is 6.29. The summed E-state index contributed by atoms with van der Waals surface area (Å²) in [5.74, 6) is 0.106. The molecule has 2 rings (SSSR count). The lowest BCUT2D eigenvalue weighted by molar-refractivity contribution is -0.135. The first kappa shape index (κ1) is 22.0. The lowest BCUT2D eigenvalue weighted by atomic mass is 10.1. The molecule has 0 spiro atoms. The van der Waals surface area contributed by atoms with E-state index in [4.69, 9.17) is 11.6 Å². The Hall–Kier alpha value is -1.25. The van der Waals surface area contributed by atoms with Crippen molar-refractivity contribution in [2.45, 2.75) is 31.1 Å². The Labute approximate surface area is 169 Å². The van der Waals surface area contributed by atoms with E-state index in [0.717, 1.165) is 5.75 Å². The molecule has 0 aliphatic carbocycles. The standard InChI is InChI=1S/C18H25ClN2O4S2/c1-13(22)20-16(8-11-26-2)18(23)21-9-7-17(27(24,25)12-10-21)14-5-3-4-6-15(14)19/h3-6,16-17H,7-12H2,1-2H3,(H,20,22)/t16-,17-/m1/s1. The van der Waals surface area contributed by atoms with E-state index < -0.39 is 21.1 Å². The number of carbonyl (C=O) groups is 2. The molecule has 0 unspecified atom stereocenters. The molecule has 1 aliphatic heterocycles. The number of benzene rings is 1. The lowest BCUT2D eigenvalue weighted by Gasteiger charge is -2.26. The number of carbonyl (C=O) groups excluding carboxylic acids is 2. The Morgan fingerprint density at radius 1 is 1.33 bits per heavy atom. The van der Waals surface area contributed by atoms with E-state index in [1.165, 1.54) is 6.92 Å². The van der Waals surface area contributed by atoms with E-state index in [-0.39, 0.29) is 30.5 Å². The molecular formula is C18H25ClN2O4S2. The Morgan fingerprint density at radius 3 is 2.67 bits per heavy atom. The number of rotatable bonds is 6. The molecule has 6 nitrogen and oxygen atoms in total. The predicted octanol–water partition coefficient (Wildman–Crippen LogP) is 2.29. The van der Waals surface area contributed by atoms with Crippen LogP contribution in [0.15, 0.2) is 24.3 Å². The highest BCUT2D eigenvalue weighted by Gasteiger charge is 2.35. The Morgan fingerprint density at radius 2 is 2.04 bits per heavy atom. The first-order valence-electron chi connectivity index (χ1n) is 8.77. The average Bonchev–Trinajstić information content (AvgIpc) is 2.76. The molecule has 1 saturated heterocycles. The number of sulfone groups is 1. The van der Waals surface area contributed by atoms with Crippen molar-refractivity contribution in [1.82, 2.24) is 10.2 Å². The van der Waals surface area contributed by atoms with Crippen molar-refractivity contribution >= 4 is 45.0 Å². The second-order valence-electron chi connectivity index (χ2n) is 6.53. The zero-order valence-electron chi connectivity index (χ0n) is 15.5. The fourth-order valence-corrected chi connectivity index (χ4v) is 5.83. The van der Waals surface area contributed by atoms with Crippen molar-refractivity contribution in [3.8, 4) is 0 Å². The van der Waals surface area contributed by atoms with Crippen LogP contribution in [0.4, 0.5) is 0 Å². The number of amides is 2. The van der Waals surface area contributed by atoms with Crippen LogP contribution in [0.2, 0.25) is 5.02 Å². The van der Waals surface area contributed by atoms with Crippen molar-refractivity contribution < 1.29 is 18.0 Å². The van der Waals surface area contributed by atoms with Gasteiger partial charge in [0, 0.05) is 25.0 Å². The maximum absolute atomic E-state index is 12.9. The smallest absolute Gasteiger partial charge is 0.245 e. The summed E-state index contributed by atoms with van der Waals surface area (Å²) >= 11 is 7.80. The van der Waals surface area contributed by atoms with E-state index in [9.17, 15) is 18.0 Å². The molecule has 150 valence electrons. The van der Waals surface area contributed by atoms with Crippen molar-refractivity contribution in [2.75, 3.05) is 30.9 Å². The average molecular weight is 433 g/mol. The van der Waals surface area contributed by atoms with Gasteiger partial charge in [-0.2, -0.15) is 11.8 Å². The fraction of sp³-hybridized carbons (Fsp3) is 0.556. The van der Waals surface area contributed by atoms with Crippen LogP contribution >= 0.6 is 23.4 Å². The number of nitrogens with one attached hydrogen (secondary N) is 1.